The van der Waals surface area contributed by atoms with E-state index in [2.05, 4.69) is 5.32 Å². The molecule has 0 atom stereocenters. The van der Waals surface area contributed by atoms with Crippen molar-refractivity contribution in [1.29, 1.82) is 0 Å². The maximum atomic E-state index is 12.0. The summed E-state index contributed by atoms with van der Waals surface area (Å²) in [5, 5.41) is 3.28. The van der Waals surface area contributed by atoms with Crippen LogP contribution in [0.1, 0.15) is 53.4 Å². The predicted molar refractivity (Wildman–Crippen MR) is 70.5 cm³/mol. The highest BCUT2D eigenvalue weighted by Crippen LogP contribution is 2.28. The first-order valence-corrected chi connectivity index (χ1v) is 8.11. The van der Waals surface area contributed by atoms with Crippen LogP contribution in [0.2, 0.25) is 0 Å². The van der Waals surface area contributed by atoms with Gasteiger partial charge in [0.1, 0.15) is 0 Å². The number of sulfone groups is 1. The molecule has 16 heavy (non-hydrogen) atoms. The van der Waals surface area contributed by atoms with Crippen LogP contribution >= 0.6 is 0 Å². The van der Waals surface area contributed by atoms with E-state index in [-0.39, 0.29) is 0 Å². The van der Waals surface area contributed by atoms with Gasteiger partial charge in [-0.2, -0.15) is 0 Å². The molecule has 0 rings (SSSR count). The standard InChI is InChI=1S/C12H27NO2S/c1-6-8-12(9-7-2,16(5,14)15)10-13-11(3)4/h11,13H,6-10H2,1-5H3. The Hall–Kier alpha value is -0.0900. The van der Waals surface area contributed by atoms with Crippen LogP contribution < -0.4 is 5.32 Å². The summed E-state index contributed by atoms with van der Waals surface area (Å²) in [6.45, 7) is 8.76. The predicted octanol–water partition coefficient (Wildman–Crippen LogP) is 2.37. The Balaban J connectivity index is 4.94. The van der Waals surface area contributed by atoms with Crippen molar-refractivity contribution in [2.45, 2.75) is 64.2 Å². The van der Waals surface area contributed by atoms with Gasteiger partial charge in [-0.15, -0.1) is 0 Å². The van der Waals surface area contributed by atoms with Gasteiger partial charge < -0.3 is 5.32 Å². The van der Waals surface area contributed by atoms with Crippen molar-refractivity contribution in [3.63, 3.8) is 0 Å². The van der Waals surface area contributed by atoms with Crippen LogP contribution in [0.25, 0.3) is 0 Å². The van der Waals surface area contributed by atoms with Gasteiger partial charge in [-0.25, -0.2) is 8.42 Å². The lowest BCUT2D eigenvalue weighted by Gasteiger charge is -2.32. The molecule has 0 bridgehead atoms. The molecule has 0 aromatic carbocycles. The second-order valence-electron chi connectivity index (χ2n) is 4.99. The van der Waals surface area contributed by atoms with Crippen molar-refractivity contribution in [2.24, 2.45) is 0 Å². The Kier molecular flexibility index (Phi) is 6.56. The molecule has 0 saturated carbocycles. The fraction of sp³-hybridized carbons (Fsp3) is 1.00. The van der Waals surface area contributed by atoms with Crippen molar-refractivity contribution in [3.8, 4) is 0 Å². The quantitative estimate of drug-likeness (QED) is 0.718. The van der Waals surface area contributed by atoms with E-state index in [1.165, 1.54) is 6.26 Å². The zero-order chi connectivity index (χ0) is 12.8. The van der Waals surface area contributed by atoms with Crippen LogP contribution in [0.15, 0.2) is 0 Å². The second kappa shape index (κ2) is 6.60. The highest BCUT2D eigenvalue weighted by Gasteiger charge is 2.38. The van der Waals surface area contributed by atoms with Gasteiger partial charge in [0, 0.05) is 18.8 Å². The van der Waals surface area contributed by atoms with Crippen LogP contribution in [-0.4, -0.2) is 32.0 Å². The molecule has 0 unspecified atom stereocenters. The molecule has 0 heterocycles. The van der Waals surface area contributed by atoms with Crippen LogP contribution in [0.4, 0.5) is 0 Å². The number of rotatable bonds is 8. The Bertz CT molecular complexity index is 277. The normalized spacial score (nSPS) is 13.4. The van der Waals surface area contributed by atoms with Crippen molar-refractivity contribution in [2.75, 3.05) is 12.8 Å². The molecule has 4 heteroatoms. The summed E-state index contributed by atoms with van der Waals surface area (Å²) in [6, 6.07) is 0.329. The fourth-order valence-electron chi connectivity index (χ4n) is 2.11. The average Bonchev–Trinajstić information content (AvgIpc) is 2.13. The monoisotopic (exact) mass is 249 g/mol. The third-order valence-corrected chi connectivity index (χ3v) is 5.16. The largest absolute Gasteiger partial charge is 0.313 e. The SMILES string of the molecule is CCCC(CCC)(CNC(C)C)S(C)(=O)=O. The smallest absolute Gasteiger partial charge is 0.154 e. The maximum absolute atomic E-state index is 12.0. The first kappa shape index (κ1) is 15.9. The lowest BCUT2D eigenvalue weighted by atomic mass is 9.96. The zero-order valence-corrected chi connectivity index (χ0v) is 12.2. The highest BCUT2D eigenvalue weighted by molar-refractivity contribution is 7.92. The molecule has 0 amide bonds. The lowest BCUT2D eigenvalue weighted by Crippen LogP contribution is -2.48. The summed E-state index contributed by atoms with van der Waals surface area (Å²) in [4.78, 5) is 0. The van der Waals surface area contributed by atoms with Gasteiger partial charge in [-0.1, -0.05) is 40.5 Å². The van der Waals surface area contributed by atoms with Crippen molar-refractivity contribution < 1.29 is 8.42 Å². The third-order valence-electron chi connectivity index (χ3n) is 3.03. The first-order valence-electron chi connectivity index (χ1n) is 6.22. The van der Waals surface area contributed by atoms with Gasteiger partial charge in [0.2, 0.25) is 0 Å². The van der Waals surface area contributed by atoms with E-state index >= 15 is 0 Å². The molecular formula is C12H27NO2S. The lowest BCUT2D eigenvalue weighted by molar-refractivity contribution is 0.405. The molecule has 0 spiro atoms. The van der Waals surface area contributed by atoms with E-state index in [0.29, 0.717) is 12.6 Å². The summed E-state index contributed by atoms with van der Waals surface area (Å²) in [7, 11) is -3.01. The zero-order valence-electron chi connectivity index (χ0n) is 11.3. The van der Waals surface area contributed by atoms with Gasteiger partial charge in [0.15, 0.2) is 9.84 Å². The van der Waals surface area contributed by atoms with Crippen molar-refractivity contribution >= 4 is 9.84 Å². The molecule has 98 valence electrons. The molecular weight excluding hydrogens is 222 g/mol. The van der Waals surface area contributed by atoms with Gasteiger partial charge in [0.25, 0.3) is 0 Å². The molecule has 0 aromatic rings. The molecule has 0 fully saturated rings. The Morgan fingerprint density at radius 3 is 1.81 bits per heavy atom. The van der Waals surface area contributed by atoms with Gasteiger partial charge in [-0.05, 0) is 12.8 Å². The molecule has 0 aliphatic carbocycles. The fourth-order valence-corrected chi connectivity index (χ4v) is 3.60. The highest BCUT2D eigenvalue weighted by atomic mass is 32.2. The van der Waals surface area contributed by atoms with Gasteiger partial charge in [0.05, 0.1) is 4.75 Å². The molecule has 0 aliphatic heterocycles. The summed E-state index contributed by atoms with van der Waals surface area (Å²) in [6.07, 6.45) is 4.69. The molecule has 0 radical (unpaired) electrons. The topological polar surface area (TPSA) is 46.2 Å². The van der Waals surface area contributed by atoms with Gasteiger partial charge in [-0.3, -0.25) is 0 Å². The van der Waals surface area contributed by atoms with E-state index in [0.717, 1.165) is 25.7 Å². The minimum atomic E-state index is -3.01. The summed E-state index contributed by atoms with van der Waals surface area (Å²) >= 11 is 0. The molecule has 3 nitrogen and oxygen atoms in total. The first-order chi connectivity index (χ1) is 7.29. The van der Waals surface area contributed by atoms with Crippen molar-refractivity contribution in [1.82, 2.24) is 5.32 Å². The van der Waals surface area contributed by atoms with E-state index in [1.54, 1.807) is 0 Å². The molecule has 1 N–H and O–H groups in total. The number of hydrogen-bond acceptors (Lipinski definition) is 3. The summed E-state index contributed by atoms with van der Waals surface area (Å²) in [5.41, 5.74) is 0. The van der Waals surface area contributed by atoms with Crippen LogP contribution in [0.5, 0.6) is 0 Å². The van der Waals surface area contributed by atoms with E-state index in [4.69, 9.17) is 0 Å². The Morgan fingerprint density at radius 1 is 1.12 bits per heavy atom. The Morgan fingerprint density at radius 2 is 1.56 bits per heavy atom. The summed E-state index contributed by atoms with van der Waals surface area (Å²) < 4.78 is 23.4. The van der Waals surface area contributed by atoms with Crippen LogP contribution in [0.3, 0.4) is 0 Å². The molecule has 0 saturated heterocycles. The maximum Gasteiger partial charge on any atom is 0.154 e. The van der Waals surface area contributed by atoms with Crippen LogP contribution in [-0.2, 0) is 9.84 Å². The number of nitrogens with one attached hydrogen (secondary N) is 1. The number of hydrogen-bond donors (Lipinski definition) is 1. The second-order valence-corrected chi connectivity index (χ2v) is 7.40. The van der Waals surface area contributed by atoms with E-state index < -0.39 is 14.6 Å². The van der Waals surface area contributed by atoms with E-state index in [9.17, 15) is 8.42 Å². The van der Waals surface area contributed by atoms with Gasteiger partial charge >= 0.3 is 0 Å². The summed E-state index contributed by atoms with van der Waals surface area (Å²) in [5.74, 6) is 0. The average molecular weight is 249 g/mol. The third kappa shape index (κ3) is 4.42. The molecule has 0 aromatic heterocycles. The van der Waals surface area contributed by atoms with Crippen molar-refractivity contribution in [3.05, 3.63) is 0 Å². The minimum Gasteiger partial charge on any atom is -0.313 e. The molecule has 0 aliphatic rings. The Labute approximate surface area is 101 Å². The van der Waals surface area contributed by atoms with Crippen LogP contribution in [0, 0.1) is 0 Å². The minimum absolute atomic E-state index is 0.329. The van der Waals surface area contributed by atoms with E-state index in [1.807, 2.05) is 27.7 Å².